The number of methoxy groups -OCH3 is 1. The number of nitrogens with zero attached hydrogens (tertiary/aromatic N) is 2. The van der Waals surface area contributed by atoms with Gasteiger partial charge in [0.05, 0.1) is 12.8 Å². The van der Waals surface area contributed by atoms with Crippen LogP contribution in [0, 0.1) is 12.7 Å². The van der Waals surface area contributed by atoms with Crippen molar-refractivity contribution < 1.29 is 9.13 Å². The van der Waals surface area contributed by atoms with Gasteiger partial charge in [0.1, 0.15) is 11.0 Å². The molecule has 0 atom stereocenters. The molecule has 1 heterocycles. The molecule has 1 aliphatic carbocycles. The lowest BCUT2D eigenvalue weighted by Gasteiger charge is -2.10. The van der Waals surface area contributed by atoms with Crippen LogP contribution in [0.3, 0.4) is 0 Å². The Morgan fingerprint density at radius 3 is 2.65 bits per heavy atom. The number of halogens is 2. The zero-order valence-corrected chi connectivity index (χ0v) is 12.0. The highest BCUT2D eigenvalue weighted by Gasteiger charge is 2.28. The van der Waals surface area contributed by atoms with Crippen LogP contribution in [0.1, 0.15) is 30.1 Å². The maximum Gasteiger partial charge on any atom is 0.165 e. The molecule has 0 saturated heterocycles. The van der Waals surface area contributed by atoms with Gasteiger partial charge in [-0.05, 0) is 38.0 Å². The van der Waals surface area contributed by atoms with Crippen LogP contribution >= 0.6 is 11.6 Å². The van der Waals surface area contributed by atoms with Gasteiger partial charge in [0.25, 0.3) is 0 Å². The third-order valence-electron chi connectivity index (χ3n) is 3.47. The van der Waals surface area contributed by atoms with Crippen LogP contribution in [-0.4, -0.2) is 17.1 Å². The molecule has 1 aromatic heterocycles. The van der Waals surface area contributed by atoms with Gasteiger partial charge in [-0.25, -0.2) is 14.4 Å². The van der Waals surface area contributed by atoms with E-state index < -0.39 is 5.82 Å². The Morgan fingerprint density at radius 2 is 2.05 bits per heavy atom. The Balaban J connectivity index is 2.10. The van der Waals surface area contributed by atoms with Crippen molar-refractivity contribution in [3.8, 4) is 17.0 Å². The molecule has 0 N–H and O–H groups in total. The van der Waals surface area contributed by atoms with E-state index in [2.05, 4.69) is 9.97 Å². The third kappa shape index (κ3) is 2.36. The van der Waals surface area contributed by atoms with Crippen molar-refractivity contribution in [3.63, 3.8) is 0 Å². The Kier molecular flexibility index (Phi) is 3.34. The molecule has 1 aromatic carbocycles. The SMILES string of the molecule is COc1ccc(-c2nc(C3CC3)nc(Cl)c2C)cc1F. The minimum atomic E-state index is -0.410. The lowest BCUT2D eigenvalue weighted by Crippen LogP contribution is -2.00. The molecule has 104 valence electrons. The van der Waals surface area contributed by atoms with Gasteiger partial charge < -0.3 is 4.74 Å². The van der Waals surface area contributed by atoms with E-state index in [4.69, 9.17) is 16.3 Å². The average molecular weight is 293 g/mol. The first kappa shape index (κ1) is 13.3. The molecule has 20 heavy (non-hydrogen) atoms. The predicted octanol–water partition coefficient (Wildman–Crippen LogP) is 4.13. The molecule has 5 heteroatoms. The zero-order valence-electron chi connectivity index (χ0n) is 11.3. The molecular formula is C15H14ClFN2O. The normalized spacial score (nSPS) is 14.4. The second kappa shape index (κ2) is 5.02. The minimum Gasteiger partial charge on any atom is -0.494 e. The van der Waals surface area contributed by atoms with Gasteiger partial charge in [0.2, 0.25) is 0 Å². The molecule has 0 radical (unpaired) electrons. The second-order valence-electron chi connectivity index (χ2n) is 4.97. The first-order valence-electron chi connectivity index (χ1n) is 6.48. The van der Waals surface area contributed by atoms with Crippen LogP contribution in [0.5, 0.6) is 5.75 Å². The first-order chi connectivity index (χ1) is 9.60. The van der Waals surface area contributed by atoms with Crippen molar-refractivity contribution in [1.29, 1.82) is 0 Å². The van der Waals surface area contributed by atoms with Crippen LogP contribution in [0.25, 0.3) is 11.3 Å². The molecule has 0 unspecified atom stereocenters. The van der Waals surface area contributed by atoms with E-state index in [9.17, 15) is 4.39 Å². The minimum absolute atomic E-state index is 0.217. The molecule has 1 fully saturated rings. The van der Waals surface area contributed by atoms with E-state index in [1.165, 1.54) is 13.2 Å². The maximum atomic E-state index is 13.8. The number of aromatic nitrogens is 2. The fourth-order valence-corrected chi connectivity index (χ4v) is 2.30. The Hall–Kier alpha value is -1.68. The summed E-state index contributed by atoms with van der Waals surface area (Å²) in [6.07, 6.45) is 2.19. The quantitative estimate of drug-likeness (QED) is 0.798. The van der Waals surface area contributed by atoms with E-state index in [0.717, 1.165) is 24.2 Å². The van der Waals surface area contributed by atoms with E-state index in [1.54, 1.807) is 12.1 Å². The number of benzene rings is 1. The number of rotatable bonds is 3. The van der Waals surface area contributed by atoms with Crippen LogP contribution in [0.2, 0.25) is 5.15 Å². The molecule has 0 bridgehead atoms. The summed E-state index contributed by atoms with van der Waals surface area (Å²) in [6, 6.07) is 4.79. The number of hydrogen-bond donors (Lipinski definition) is 0. The molecule has 0 aliphatic heterocycles. The smallest absolute Gasteiger partial charge is 0.165 e. The monoisotopic (exact) mass is 292 g/mol. The highest BCUT2D eigenvalue weighted by Crippen LogP contribution is 2.40. The fourth-order valence-electron chi connectivity index (χ4n) is 2.12. The van der Waals surface area contributed by atoms with Gasteiger partial charge in [-0.15, -0.1) is 0 Å². The van der Waals surface area contributed by atoms with E-state index in [-0.39, 0.29) is 5.75 Å². The third-order valence-corrected chi connectivity index (χ3v) is 3.84. The highest BCUT2D eigenvalue weighted by atomic mass is 35.5. The lowest BCUT2D eigenvalue weighted by atomic mass is 10.1. The summed E-state index contributed by atoms with van der Waals surface area (Å²) in [6.45, 7) is 1.84. The molecule has 2 aromatic rings. The zero-order chi connectivity index (χ0) is 14.3. The van der Waals surface area contributed by atoms with Gasteiger partial charge in [-0.2, -0.15) is 0 Å². The first-order valence-corrected chi connectivity index (χ1v) is 6.86. The van der Waals surface area contributed by atoms with Crippen LogP contribution in [0.4, 0.5) is 4.39 Å². The summed E-state index contributed by atoms with van der Waals surface area (Å²) in [7, 11) is 1.44. The summed E-state index contributed by atoms with van der Waals surface area (Å²) in [5.41, 5.74) is 2.14. The van der Waals surface area contributed by atoms with Gasteiger partial charge in [0.15, 0.2) is 11.6 Å². The van der Waals surface area contributed by atoms with Crippen molar-refractivity contribution >= 4 is 11.6 Å². The molecule has 0 spiro atoms. The second-order valence-corrected chi connectivity index (χ2v) is 5.33. The number of ether oxygens (including phenoxy) is 1. The molecule has 1 saturated carbocycles. The summed E-state index contributed by atoms with van der Waals surface area (Å²) >= 11 is 6.17. The van der Waals surface area contributed by atoms with Crippen molar-refractivity contribution in [1.82, 2.24) is 9.97 Å². The molecule has 1 aliphatic rings. The van der Waals surface area contributed by atoms with E-state index in [0.29, 0.717) is 22.3 Å². The van der Waals surface area contributed by atoms with Crippen molar-refractivity contribution in [2.24, 2.45) is 0 Å². The van der Waals surface area contributed by atoms with Gasteiger partial charge >= 0.3 is 0 Å². The molecule has 3 nitrogen and oxygen atoms in total. The number of hydrogen-bond acceptors (Lipinski definition) is 3. The lowest BCUT2D eigenvalue weighted by molar-refractivity contribution is 0.386. The topological polar surface area (TPSA) is 35.0 Å². The van der Waals surface area contributed by atoms with Crippen LogP contribution in [-0.2, 0) is 0 Å². The van der Waals surface area contributed by atoms with Crippen molar-refractivity contribution in [2.45, 2.75) is 25.7 Å². The fraction of sp³-hybridized carbons (Fsp3) is 0.333. The van der Waals surface area contributed by atoms with Gasteiger partial charge in [0, 0.05) is 17.0 Å². The molecule has 0 amide bonds. The largest absolute Gasteiger partial charge is 0.494 e. The summed E-state index contributed by atoms with van der Waals surface area (Å²) in [5.74, 6) is 0.961. The van der Waals surface area contributed by atoms with Crippen LogP contribution < -0.4 is 4.74 Å². The van der Waals surface area contributed by atoms with E-state index >= 15 is 0 Å². The average Bonchev–Trinajstić information content (AvgIpc) is 3.26. The van der Waals surface area contributed by atoms with Gasteiger partial charge in [-0.1, -0.05) is 11.6 Å². The van der Waals surface area contributed by atoms with Crippen molar-refractivity contribution in [2.75, 3.05) is 7.11 Å². The van der Waals surface area contributed by atoms with Gasteiger partial charge in [-0.3, -0.25) is 0 Å². The summed E-state index contributed by atoms with van der Waals surface area (Å²) < 4.78 is 18.8. The Bertz CT molecular complexity index is 671. The maximum absolute atomic E-state index is 13.8. The van der Waals surface area contributed by atoms with E-state index in [1.807, 2.05) is 6.92 Å². The summed E-state index contributed by atoms with van der Waals surface area (Å²) in [5, 5.41) is 0.438. The summed E-state index contributed by atoms with van der Waals surface area (Å²) in [4.78, 5) is 8.87. The Labute approximate surface area is 121 Å². The highest BCUT2D eigenvalue weighted by molar-refractivity contribution is 6.30. The molecular weight excluding hydrogens is 279 g/mol. The van der Waals surface area contributed by atoms with Crippen molar-refractivity contribution in [3.05, 3.63) is 40.6 Å². The van der Waals surface area contributed by atoms with Crippen LogP contribution in [0.15, 0.2) is 18.2 Å². The Morgan fingerprint density at radius 1 is 1.30 bits per heavy atom. The standard InChI is InChI=1S/C15H14ClFN2O/c1-8-13(10-5-6-12(20-2)11(17)7-10)18-15(9-3-4-9)19-14(8)16/h5-7,9H,3-4H2,1-2H3. The predicted molar refractivity (Wildman–Crippen MR) is 75.7 cm³/mol. The molecule has 3 rings (SSSR count).